The molecule has 0 amide bonds. The monoisotopic (exact) mass is 126 g/mol. The Hall–Kier alpha value is -0.833. The highest BCUT2D eigenvalue weighted by Gasteiger charge is 1.97. The summed E-state index contributed by atoms with van der Waals surface area (Å²) in [5, 5.41) is 0.106. The highest BCUT2D eigenvalue weighted by molar-refractivity contribution is 6.61. The van der Waals surface area contributed by atoms with Crippen LogP contribution in [0.25, 0.3) is 0 Å². The predicted octanol–water partition coefficient (Wildman–Crippen LogP) is -0.215. The summed E-state index contributed by atoms with van der Waals surface area (Å²) in [6.45, 7) is 0. The fourth-order valence-electron chi connectivity index (χ4n) is 0.479. The van der Waals surface area contributed by atoms with Gasteiger partial charge in [0.25, 0.3) is 0 Å². The number of carbonyl (C=O) groups is 1. The zero-order chi connectivity index (χ0) is 5.98. The fraction of sp³-hybridized carbons (Fsp3) is 0. The summed E-state index contributed by atoms with van der Waals surface area (Å²) in [7, 11) is 0.539. The third kappa shape index (κ3) is 0.868. The van der Waals surface area contributed by atoms with Crippen molar-refractivity contribution in [1.82, 2.24) is 0 Å². The van der Waals surface area contributed by atoms with Gasteiger partial charge in [0, 0.05) is 0 Å². The Morgan fingerprint density at radius 2 is 2.50 bits per heavy atom. The Kier molecular flexibility index (Phi) is 1.30. The van der Waals surface area contributed by atoms with Gasteiger partial charge < -0.3 is 4.42 Å². The van der Waals surface area contributed by atoms with Gasteiger partial charge in [0.1, 0.15) is 0 Å². The maximum Gasteiger partial charge on any atom is 0.163 e. The Morgan fingerprint density at radius 1 is 1.75 bits per heavy atom. The van der Waals surface area contributed by atoms with Crippen molar-refractivity contribution in [2.75, 3.05) is 0 Å². The molecule has 1 heterocycles. The van der Waals surface area contributed by atoms with Crippen LogP contribution in [0.15, 0.2) is 22.8 Å². The molecule has 0 spiro atoms. The van der Waals surface area contributed by atoms with Crippen LogP contribution >= 0.6 is 0 Å². The van der Waals surface area contributed by atoms with Gasteiger partial charge >= 0.3 is 0 Å². The Morgan fingerprint density at radius 3 is 2.75 bits per heavy atom. The standard InChI is InChI=1S/C5H6O2Si/c6-5(8)4-2-1-3-7-4/h1-3H,8H3. The van der Waals surface area contributed by atoms with Crippen LogP contribution in [0, 0.1) is 0 Å². The molecular weight excluding hydrogens is 120 g/mol. The van der Waals surface area contributed by atoms with E-state index in [1.807, 2.05) is 0 Å². The van der Waals surface area contributed by atoms with Crippen LogP contribution in [0.2, 0.25) is 0 Å². The van der Waals surface area contributed by atoms with E-state index in [4.69, 9.17) is 4.42 Å². The summed E-state index contributed by atoms with van der Waals surface area (Å²) in [6.07, 6.45) is 1.51. The third-order valence-corrected chi connectivity index (χ3v) is 1.36. The molecule has 0 unspecified atom stereocenters. The molecule has 0 radical (unpaired) electrons. The van der Waals surface area contributed by atoms with E-state index in [0.29, 0.717) is 16.0 Å². The fourth-order valence-corrected chi connectivity index (χ4v) is 0.763. The minimum Gasteiger partial charge on any atom is -0.462 e. The van der Waals surface area contributed by atoms with Crippen LogP contribution in [-0.4, -0.2) is 15.6 Å². The SMILES string of the molecule is O=C([SiH3])c1ccco1. The average molecular weight is 126 g/mol. The molecule has 0 fully saturated rings. The van der Waals surface area contributed by atoms with Gasteiger partial charge in [0.05, 0.1) is 16.5 Å². The van der Waals surface area contributed by atoms with Crippen LogP contribution in [0.4, 0.5) is 0 Å². The van der Waals surface area contributed by atoms with Gasteiger partial charge in [-0.2, -0.15) is 0 Å². The summed E-state index contributed by atoms with van der Waals surface area (Å²) < 4.78 is 4.78. The van der Waals surface area contributed by atoms with Gasteiger partial charge in [0.2, 0.25) is 0 Å². The van der Waals surface area contributed by atoms with E-state index in [-0.39, 0.29) is 5.41 Å². The molecule has 0 N–H and O–H groups in total. The molecule has 42 valence electrons. The van der Waals surface area contributed by atoms with Crippen molar-refractivity contribution in [3.63, 3.8) is 0 Å². The predicted molar refractivity (Wildman–Crippen MR) is 33.0 cm³/mol. The highest BCUT2D eigenvalue weighted by atomic mass is 28.1. The molecule has 0 aliphatic heterocycles. The van der Waals surface area contributed by atoms with Crippen LogP contribution in [-0.2, 0) is 0 Å². The number of rotatable bonds is 1. The minimum atomic E-state index is 0.106. The molecule has 1 rings (SSSR count). The molecule has 0 bridgehead atoms. The van der Waals surface area contributed by atoms with Gasteiger partial charge in [-0.1, -0.05) is 0 Å². The smallest absolute Gasteiger partial charge is 0.163 e. The summed E-state index contributed by atoms with van der Waals surface area (Å²) >= 11 is 0. The summed E-state index contributed by atoms with van der Waals surface area (Å²) in [5.41, 5.74) is 0. The Labute approximate surface area is 49.9 Å². The Bertz CT molecular complexity index is 178. The molecule has 2 nitrogen and oxygen atoms in total. The molecule has 8 heavy (non-hydrogen) atoms. The second-order valence-electron chi connectivity index (χ2n) is 1.53. The molecule has 1 aromatic rings. The van der Waals surface area contributed by atoms with Crippen molar-refractivity contribution in [3.8, 4) is 0 Å². The Balaban J connectivity index is 2.93. The van der Waals surface area contributed by atoms with Crippen LogP contribution < -0.4 is 0 Å². The first-order chi connectivity index (χ1) is 3.80. The van der Waals surface area contributed by atoms with E-state index in [1.165, 1.54) is 6.26 Å². The van der Waals surface area contributed by atoms with Crippen LogP contribution in [0.5, 0.6) is 0 Å². The minimum absolute atomic E-state index is 0.106. The molecule has 3 heteroatoms. The first-order valence-corrected chi connectivity index (χ1v) is 3.35. The lowest BCUT2D eigenvalue weighted by Gasteiger charge is -1.80. The van der Waals surface area contributed by atoms with E-state index in [9.17, 15) is 4.79 Å². The van der Waals surface area contributed by atoms with Gasteiger partial charge in [-0.25, -0.2) is 0 Å². The summed E-state index contributed by atoms with van der Waals surface area (Å²) in [6, 6.07) is 3.39. The zero-order valence-electron chi connectivity index (χ0n) is 4.55. The molecule has 0 saturated carbocycles. The topological polar surface area (TPSA) is 30.2 Å². The van der Waals surface area contributed by atoms with E-state index >= 15 is 0 Å². The molecule has 0 saturated heterocycles. The van der Waals surface area contributed by atoms with Gasteiger partial charge in [-0.05, 0) is 12.1 Å². The van der Waals surface area contributed by atoms with E-state index in [1.54, 1.807) is 12.1 Å². The van der Waals surface area contributed by atoms with Crippen molar-refractivity contribution in [2.24, 2.45) is 0 Å². The van der Waals surface area contributed by atoms with Gasteiger partial charge in [-0.3, -0.25) is 4.79 Å². The first-order valence-electron chi connectivity index (χ1n) is 2.35. The van der Waals surface area contributed by atoms with Crippen molar-refractivity contribution in [3.05, 3.63) is 24.2 Å². The molecule has 0 atom stereocenters. The molecular formula is C5H6O2Si. The van der Waals surface area contributed by atoms with E-state index in [0.717, 1.165) is 0 Å². The lowest BCUT2D eigenvalue weighted by Crippen LogP contribution is -1.92. The first kappa shape index (κ1) is 5.31. The second-order valence-corrected chi connectivity index (χ2v) is 2.44. The average Bonchev–Trinajstić information content (AvgIpc) is 2.12. The van der Waals surface area contributed by atoms with E-state index in [2.05, 4.69) is 0 Å². The number of carbonyl (C=O) groups excluding carboxylic acids is 1. The number of hydrogen-bond donors (Lipinski definition) is 0. The van der Waals surface area contributed by atoms with Crippen LogP contribution in [0.1, 0.15) is 10.6 Å². The molecule has 0 aromatic carbocycles. The summed E-state index contributed by atoms with van der Waals surface area (Å²) in [4.78, 5) is 10.5. The lowest BCUT2D eigenvalue weighted by molar-refractivity contribution is 0.105. The largest absolute Gasteiger partial charge is 0.462 e. The van der Waals surface area contributed by atoms with Crippen LogP contribution in [0.3, 0.4) is 0 Å². The van der Waals surface area contributed by atoms with Gasteiger partial charge in [-0.15, -0.1) is 0 Å². The van der Waals surface area contributed by atoms with Crippen molar-refractivity contribution >= 4 is 15.6 Å². The van der Waals surface area contributed by atoms with Crippen molar-refractivity contribution in [2.45, 2.75) is 0 Å². The molecule has 1 aromatic heterocycles. The highest BCUT2D eigenvalue weighted by Crippen LogP contribution is 1.97. The van der Waals surface area contributed by atoms with Crippen molar-refractivity contribution < 1.29 is 9.21 Å². The lowest BCUT2D eigenvalue weighted by atomic mass is 10.5. The number of furan rings is 1. The summed E-state index contributed by atoms with van der Waals surface area (Å²) in [5.74, 6) is 0.483. The third-order valence-electron chi connectivity index (χ3n) is 0.868. The number of hydrogen-bond acceptors (Lipinski definition) is 2. The quantitative estimate of drug-likeness (QED) is 0.487. The normalized spacial score (nSPS) is 9.50. The second kappa shape index (κ2) is 1.96. The van der Waals surface area contributed by atoms with E-state index < -0.39 is 0 Å². The molecule has 0 aliphatic carbocycles. The maximum absolute atomic E-state index is 10.5. The van der Waals surface area contributed by atoms with Gasteiger partial charge in [0.15, 0.2) is 11.2 Å². The maximum atomic E-state index is 10.5. The van der Waals surface area contributed by atoms with Crippen molar-refractivity contribution in [1.29, 1.82) is 0 Å². The molecule has 0 aliphatic rings. The zero-order valence-corrected chi connectivity index (χ0v) is 6.55.